The van der Waals surface area contributed by atoms with Gasteiger partial charge in [-0.05, 0) is 6.07 Å². The standard InChI is InChI=1S/C9H6N4O/c14-13-4-7-9(12-5-11-7)6-1-2-10-3-8(6)13/h1-3,5H,4H2. The van der Waals surface area contributed by atoms with E-state index in [1.165, 1.54) is 6.34 Å². The zero-order valence-electron chi connectivity index (χ0n) is 7.21. The molecule has 0 unspecified atom stereocenters. The quantitative estimate of drug-likeness (QED) is 0.372. The third kappa shape index (κ3) is 0.834. The van der Waals surface area contributed by atoms with Gasteiger partial charge in [0.05, 0.1) is 11.4 Å². The fraction of sp³-hybridized carbons (Fsp3) is 0.111. The van der Waals surface area contributed by atoms with Crippen LogP contribution < -0.4 is 15.3 Å². The fourth-order valence-electron chi connectivity index (χ4n) is 1.64. The molecule has 2 aliphatic rings. The third-order valence-corrected chi connectivity index (χ3v) is 2.29. The normalized spacial score (nSPS) is 17.9. The van der Waals surface area contributed by atoms with Crippen molar-refractivity contribution in [1.29, 1.82) is 0 Å². The molecule has 3 heterocycles. The molecule has 5 heteroatoms. The SMILES string of the molecule is [O-][N+]1=c2cnccc2=C2N=CN=C2C1. The zero-order valence-corrected chi connectivity index (χ0v) is 7.21. The van der Waals surface area contributed by atoms with Gasteiger partial charge in [-0.2, -0.15) is 4.74 Å². The Morgan fingerprint density at radius 3 is 3.29 bits per heavy atom. The minimum absolute atomic E-state index is 0.258. The summed E-state index contributed by atoms with van der Waals surface area (Å²) in [4.78, 5) is 12.1. The maximum Gasteiger partial charge on any atom is 0.239 e. The summed E-state index contributed by atoms with van der Waals surface area (Å²) in [6.45, 7) is 0.258. The average Bonchev–Trinajstić information content (AvgIpc) is 2.66. The summed E-state index contributed by atoms with van der Waals surface area (Å²) in [5.41, 5.74) is 1.54. The Morgan fingerprint density at radius 1 is 1.43 bits per heavy atom. The molecule has 1 aromatic heterocycles. The summed E-state index contributed by atoms with van der Waals surface area (Å²) in [6, 6.07) is 1.78. The lowest BCUT2D eigenvalue weighted by molar-refractivity contribution is 0.810. The summed E-state index contributed by atoms with van der Waals surface area (Å²) in [7, 11) is 0. The molecule has 0 saturated heterocycles. The van der Waals surface area contributed by atoms with Crippen molar-refractivity contribution in [2.24, 2.45) is 9.98 Å². The second-order valence-corrected chi connectivity index (χ2v) is 3.10. The molecule has 0 aromatic carbocycles. The van der Waals surface area contributed by atoms with Crippen molar-refractivity contribution < 1.29 is 0 Å². The first-order chi connectivity index (χ1) is 6.86. The molecule has 0 saturated carbocycles. The lowest BCUT2D eigenvalue weighted by Crippen LogP contribution is -2.45. The predicted molar refractivity (Wildman–Crippen MR) is 52.3 cm³/mol. The molecule has 0 atom stereocenters. The lowest BCUT2D eigenvalue weighted by Gasteiger charge is -2.09. The molecule has 1 aromatic rings. The Morgan fingerprint density at radius 2 is 2.36 bits per heavy atom. The minimum Gasteiger partial charge on any atom is -0.623 e. The van der Waals surface area contributed by atoms with E-state index >= 15 is 0 Å². The second kappa shape index (κ2) is 2.47. The first-order valence-corrected chi connectivity index (χ1v) is 4.22. The van der Waals surface area contributed by atoms with E-state index < -0.39 is 0 Å². The van der Waals surface area contributed by atoms with E-state index in [-0.39, 0.29) is 6.54 Å². The summed E-state index contributed by atoms with van der Waals surface area (Å²) < 4.78 is 0.888. The summed E-state index contributed by atoms with van der Waals surface area (Å²) in [6.07, 6.45) is 4.68. The van der Waals surface area contributed by atoms with Crippen LogP contribution in [0, 0.1) is 5.21 Å². The number of hydrogen-bond acceptors (Lipinski definition) is 4. The first kappa shape index (κ1) is 7.37. The number of rotatable bonds is 0. The Kier molecular flexibility index (Phi) is 1.30. The highest BCUT2D eigenvalue weighted by Crippen LogP contribution is 2.06. The van der Waals surface area contributed by atoms with Crippen LogP contribution in [0.5, 0.6) is 0 Å². The minimum atomic E-state index is 0.258. The van der Waals surface area contributed by atoms with Crippen LogP contribution in [0.15, 0.2) is 28.4 Å². The zero-order chi connectivity index (χ0) is 9.54. The maximum absolute atomic E-state index is 11.6. The van der Waals surface area contributed by atoms with Gasteiger partial charge in [-0.15, -0.1) is 0 Å². The Hall–Kier alpha value is -2.04. The van der Waals surface area contributed by atoms with Crippen molar-refractivity contribution in [2.75, 3.05) is 6.54 Å². The second-order valence-electron chi connectivity index (χ2n) is 3.10. The van der Waals surface area contributed by atoms with E-state index in [4.69, 9.17) is 0 Å². The van der Waals surface area contributed by atoms with Crippen LogP contribution in [-0.4, -0.2) is 23.6 Å². The van der Waals surface area contributed by atoms with E-state index in [1.807, 2.05) is 0 Å². The molecular weight excluding hydrogens is 180 g/mol. The molecule has 0 fully saturated rings. The van der Waals surface area contributed by atoms with E-state index in [0.29, 0.717) is 5.36 Å². The monoisotopic (exact) mass is 186 g/mol. The number of aliphatic imine (C=N–C) groups is 2. The molecule has 0 N–H and O–H groups in total. The van der Waals surface area contributed by atoms with Crippen LogP contribution in [0.4, 0.5) is 0 Å². The van der Waals surface area contributed by atoms with Crippen LogP contribution >= 0.6 is 0 Å². The predicted octanol–water partition coefficient (Wildman–Crippen LogP) is -1.32. The molecule has 68 valence electrons. The van der Waals surface area contributed by atoms with Gasteiger partial charge in [0.1, 0.15) is 17.7 Å². The number of hydroxylamine groups is 1. The van der Waals surface area contributed by atoms with Gasteiger partial charge in [-0.3, -0.25) is 4.98 Å². The smallest absolute Gasteiger partial charge is 0.239 e. The van der Waals surface area contributed by atoms with E-state index in [1.54, 1.807) is 18.5 Å². The van der Waals surface area contributed by atoms with Crippen LogP contribution in [0.1, 0.15) is 0 Å². The average molecular weight is 186 g/mol. The van der Waals surface area contributed by atoms with Crippen molar-refractivity contribution in [3.05, 3.63) is 34.2 Å². The Bertz CT molecular complexity index is 585. The van der Waals surface area contributed by atoms with Gasteiger partial charge in [-0.1, -0.05) is 0 Å². The molecule has 0 aliphatic carbocycles. The van der Waals surface area contributed by atoms with E-state index in [2.05, 4.69) is 15.0 Å². The molecule has 3 rings (SSSR count). The van der Waals surface area contributed by atoms with Crippen molar-refractivity contribution in [3.8, 4) is 0 Å². The summed E-state index contributed by atoms with van der Waals surface area (Å²) >= 11 is 0. The number of nitrogens with zero attached hydrogens (tertiary/aromatic N) is 4. The van der Waals surface area contributed by atoms with Gasteiger partial charge in [0.2, 0.25) is 5.36 Å². The van der Waals surface area contributed by atoms with Gasteiger partial charge < -0.3 is 5.21 Å². The first-order valence-electron chi connectivity index (χ1n) is 4.22. The van der Waals surface area contributed by atoms with Crippen LogP contribution in [0.25, 0.3) is 5.70 Å². The topological polar surface area (TPSA) is 63.7 Å². The molecule has 14 heavy (non-hydrogen) atoms. The Labute approximate surface area is 79.1 Å². The highest BCUT2D eigenvalue weighted by molar-refractivity contribution is 6.25. The van der Waals surface area contributed by atoms with Crippen LogP contribution in [-0.2, 0) is 0 Å². The number of pyridine rings is 1. The fourth-order valence-corrected chi connectivity index (χ4v) is 1.64. The van der Waals surface area contributed by atoms with Crippen molar-refractivity contribution in [3.63, 3.8) is 0 Å². The van der Waals surface area contributed by atoms with Crippen LogP contribution in [0.2, 0.25) is 0 Å². The van der Waals surface area contributed by atoms with E-state index in [0.717, 1.165) is 21.4 Å². The lowest BCUT2D eigenvalue weighted by atomic mass is 10.1. The molecule has 0 bridgehead atoms. The molecule has 2 aliphatic heterocycles. The molecular formula is C9H6N4O. The van der Waals surface area contributed by atoms with Crippen molar-refractivity contribution in [1.82, 2.24) is 9.72 Å². The third-order valence-electron chi connectivity index (χ3n) is 2.29. The number of aromatic nitrogens is 1. The number of hydrogen-bond donors (Lipinski definition) is 0. The summed E-state index contributed by atoms with van der Waals surface area (Å²) in [5.74, 6) is 0. The van der Waals surface area contributed by atoms with Gasteiger partial charge in [0, 0.05) is 6.20 Å². The Balaban J connectivity index is 2.56. The maximum atomic E-state index is 11.6. The molecule has 0 radical (unpaired) electrons. The van der Waals surface area contributed by atoms with Crippen LogP contribution in [0.3, 0.4) is 0 Å². The summed E-state index contributed by atoms with van der Waals surface area (Å²) in [5, 5.41) is 12.9. The van der Waals surface area contributed by atoms with Crippen molar-refractivity contribution in [2.45, 2.75) is 0 Å². The van der Waals surface area contributed by atoms with E-state index in [9.17, 15) is 5.21 Å². The largest absolute Gasteiger partial charge is 0.623 e. The van der Waals surface area contributed by atoms with Crippen molar-refractivity contribution >= 4 is 17.7 Å². The van der Waals surface area contributed by atoms with Gasteiger partial charge in [-0.25, -0.2) is 9.98 Å². The number of fused-ring (bicyclic) bond motifs is 2. The highest BCUT2D eigenvalue weighted by Gasteiger charge is 2.21. The van der Waals surface area contributed by atoms with Gasteiger partial charge in [0.25, 0.3) is 0 Å². The highest BCUT2D eigenvalue weighted by atomic mass is 16.5. The molecule has 0 amide bonds. The molecule has 5 nitrogen and oxygen atoms in total. The molecule has 0 spiro atoms. The van der Waals surface area contributed by atoms with Gasteiger partial charge >= 0.3 is 0 Å². The van der Waals surface area contributed by atoms with Gasteiger partial charge in [0.15, 0.2) is 6.54 Å².